The molecular weight excluding hydrogens is 457 g/mol. The van der Waals surface area contributed by atoms with Crippen LogP contribution in [0.2, 0.25) is 0 Å². The second-order valence-corrected chi connectivity index (χ2v) is 9.19. The third-order valence-corrected chi connectivity index (χ3v) is 6.62. The van der Waals surface area contributed by atoms with Crippen LogP contribution in [0.15, 0.2) is 66.7 Å². The first kappa shape index (κ1) is 25.3. The minimum atomic E-state index is -0.572. The molecule has 36 heavy (non-hydrogen) atoms. The van der Waals surface area contributed by atoms with Crippen LogP contribution in [0.1, 0.15) is 30.6 Å². The number of hydrogen-bond donors (Lipinski definition) is 0. The van der Waals surface area contributed by atoms with E-state index in [9.17, 15) is 14.0 Å². The number of amides is 2. The van der Waals surface area contributed by atoms with Crippen LogP contribution in [0.4, 0.5) is 10.2 Å². The second-order valence-electron chi connectivity index (χ2n) is 9.19. The van der Waals surface area contributed by atoms with Crippen LogP contribution in [0, 0.1) is 11.7 Å². The maximum atomic E-state index is 14.3. The van der Waals surface area contributed by atoms with Crippen LogP contribution in [0.25, 0.3) is 11.3 Å². The number of halogens is 1. The van der Waals surface area contributed by atoms with Crippen molar-refractivity contribution in [2.75, 3.05) is 44.2 Å². The van der Waals surface area contributed by atoms with Gasteiger partial charge in [0.2, 0.25) is 5.91 Å². The van der Waals surface area contributed by atoms with Gasteiger partial charge in [0, 0.05) is 38.3 Å². The zero-order valence-electron chi connectivity index (χ0n) is 20.8. The number of rotatable bonds is 8. The van der Waals surface area contributed by atoms with Crippen molar-refractivity contribution < 1.29 is 14.0 Å². The van der Waals surface area contributed by atoms with Gasteiger partial charge in [0.15, 0.2) is 5.82 Å². The number of benzene rings is 2. The van der Waals surface area contributed by atoms with E-state index < -0.39 is 11.7 Å². The number of aromatic nitrogens is 2. The standard InChI is InChI=1S/C28H32FN5O2/c1-3-21(2)19-34(28(36)23-11-7-8-12-24(23)29)20-27(35)33-17-15-32(16-18-33)26-14-13-25(30-31-26)22-9-5-4-6-10-22/h4-14,21H,3,15-20H2,1-2H3. The topological polar surface area (TPSA) is 69.6 Å². The summed E-state index contributed by atoms with van der Waals surface area (Å²) in [7, 11) is 0. The summed E-state index contributed by atoms with van der Waals surface area (Å²) in [6.07, 6.45) is 0.859. The Morgan fingerprint density at radius 2 is 1.64 bits per heavy atom. The Labute approximate surface area is 211 Å². The van der Waals surface area contributed by atoms with E-state index in [1.54, 1.807) is 17.0 Å². The van der Waals surface area contributed by atoms with Crippen molar-refractivity contribution in [1.82, 2.24) is 20.0 Å². The Kier molecular flexibility index (Phi) is 8.25. The molecule has 1 atom stereocenters. The van der Waals surface area contributed by atoms with Crippen LogP contribution in [0.3, 0.4) is 0 Å². The molecule has 0 spiro atoms. The number of hydrogen-bond acceptors (Lipinski definition) is 5. The molecular formula is C28H32FN5O2. The van der Waals surface area contributed by atoms with E-state index in [1.807, 2.05) is 56.3 Å². The summed E-state index contributed by atoms with van der Waals surface area (Å²) in [4.78, 5) is 31.6. The van der Waals surface area contributed by atoms with E-state index >= 15 is 0 Å². The summed E-state index contributed by atoms with van der Waals surface area (Å²) in [5.41, 5.74) is 1.82. The quantitative estimate of drug-likeness (QED) is 0.476. The van der Waals surface area contributed by atoms with Crippen molar-refractivity contribution in [2.45, 2.75) is 20.3 Å². The Bertz CT molecular complexity index is 1160. The van der Waals surface area contributed by atoms with Crippen molar-refractivity contribution >= 4 is 17.6 Å². The maximum absolute atomic E-state index is 14.3. The number of carbonyl (C=O) groups excluding carboxylic acids is 2. The molecule has 1 aromatic heterocycles. The summed E-state index contributed by atoms with van der Waals surface area (Å²) >= 11 is 0. The number of carbonyl (C=O) groups is 2. The number of piperazine rings is 1. The summed E-state index contributed by atoms with van der Waals surface area (Å²) in [5, 5.41) is 8.75. The Hall–Kier alpha value is -3.81. The summed E-state index contributed by atoms with van der Waals surface area (Å²) in [6, 6.07) is 19.7. The van der Waals surface area contributed by atoms with Crippen LogP contribution in [-0.2, 0) is 4.79 Å². The van der Waals surface area contributed by atoms with Crippen molar-refractivity contribution in [2.24, 2.45) is 5.92 Å². The normalized spacial score (nSPS) is 14.4. The molecule has 0 bridgehead atoms. The highest BCUT2D eigenvalue weighted by atomic mass is 19.1. The Morgan fingerprint density at radius 1 is 0.944 bits per heavy atom. The first-order chi connectivity index (χ1) is 17.5. The average molecular weight is 490 g/mol. The van der Waals surface area contributed by atoms with Crippen LogP contribution < -0.4 is 4.90 Å². The highest BCUT2D eigenvalue weighted by molar-refractivity contribution is 5.96. The van der Waals surface area contributed by atoms with Gasteiger partial charge in [-0.25, -0.2) is 4.39 Å². The van der Waals surface area contributed by atoms with Gasteiger partial charge in [-0.05, 0) is 30.2 Å². The molecule has 0 aliphatic carbocycles. The SMILES string of the molecule is CCC(C)CN(CC(=O)N1CCN(c2ccc(-c3ccccc3)nn2)CC1)C(=O)c1ccccc1F. The van der Waals surface area contributed by atoms with Gasteiger partial charge in [0.25, 0.3) is 5.91 Å². The first-order valence-corrected chi connectivity index (χ1v) is 12.4. The van der Waals surface area contributed by atoms with Gasteiger partial charge in [-0.2, -0.15) is 0 Å². The molecule has 2 amide bonds. The molecule has 7 nitrogen and oxygen atoms in total. The van der Waals surface area contributed by atoms with E-state index in [1.165, 1.54) is 17.0 Å². The smallest absolute Gasteiger partial charge is 0.257 e. The lowest BCUT2D eigenvalue weighted by molar-refractivity contribution is -0.132. The zero-order chi connectivity index (χ0) is 25.5. The summed E-state index contributed by atoms with van der Waals surface area (Å²) < 4.78 is 14.3. The zero-order valence-corrected chi connectivity index (χ0v) is 20.8. The van der Waals surface area contributed by atoms with Crippen molar-refractivity contribution in [3.8, 4) is 11.3 Å². The van der Waals surface area contributed by atoms with E-state index in [4.69, 9.17) is 0 Å². The molecule has 0 saturated carbocycles. The fourth-order valence-electron chi connectivity index (χ4n) is 4.23. The first-order valence-electron chi connectivity index (χ1n) is 12.4. The summed E-state index contributed by atoms with van der Waals surface area (Å²) in [6.45, 7) is 6.68. The minimum absolute atomic E-state index is 0.00375. The molecule has 8 heteroatoms. The van der Waals surface area contributed by atoms with Crippen molar-refractivity contribution in [1.29, 1.82) is 0 Å². The molecule has 1 fully saturated rings. The molecule has 2 heterocycles. The van der Waals surface area contributed by atoms with E-state index in [0.717, 1.165) is 23.5 Å². The monoisotopic (exact) mass is 489 g/mol. The van der Waals surface area contributed by atoms with Crippen LogP contribution >= 0.6 is 0 Å². The van der Waals surface area contributed by atoms with Gasteiger partial charge in [-0.3, -0.25) is 9.59 Å². The van der Waals surface area contributed by atoms with E-state index in [-0.39, 0.29) is 23.9 Å². The minimum Gasteiger partial charge on any atom is -0.352 e. The largest absolute Gasteiger partial charge is 0.352 e. The molecule has 188 valence electrons. The number of anilines is 1. The van der Waals surface area contributed by atoms with E-state index in [0.29, 0.717) is 32.7 Å². The fourth-order valence-corrected chi connectivity index (χ4v) is 4.23. The van der Waals surface area contributed by atoms with Gasteiger partial charge in [-0.15, -0.1) is 10.2 Å². The highest BCUT2D eigenvalue weighted by Gasteiger charge is 2.27. The lowest BCUT2D eigenvalue weighted by atomic mass is 10.1. The molecule has 0 radical (unpaired) electrons. The molecule has 1 aliphatic heterocycles. The van der Waals surface area contributed by atoms with Crippen LogP contribution in [0.5, 0.6) is 0 Å². The second kappa shape index (κ2) is 11.7. The number of nitrogens with zero attached hydrogens (tertiary/aromatic N) is 5. The molecule has 1 aliphatic rings. The predicted octanol–water partition coefficient (Wildman–Crippen LogP) is 4.12. The third-order valence-electron chi connectivity index (χ3n) is 6.62. The average Bonchev–Trinajstić information content (AvgIpc) is 2.93. The maximum Gasteiger partial charge on any atom is 0.257 e. The molecule has 4 rings (SSSR count). The van der Waals surface area contributed by atoms with Crippen molar-refractivity contribution in [3.05, 3.63) is 78.1 Å². The lowest BCUT2D eigenvalue weighted by Gasteiger charge is -2.36. The van der Waals surface area contributed by atoms with Crippen LogP contribution in [-0.4, -0.2) is 71.1 Å². The molecule has 2 aromatic carbocycles. The van der Waals surface area contributed by atoms with E-state index in [2.05, 4.69) is 15.1 Å². The molecule has 1 saturated heterocycles. The summed E-state index contributed by atoms with van der Waals surface area (Å²) in [5.74, 6) is -0.183. The van der Waals surface area contributed by atoms with Gasteiger partial charge in [0.05, 0.1) is 11.3 Å². The van der Waals surface area contributed by atoms with Gasteiger partial charge in [0.1, 0.15) is 12.4 Å². The third kappa shape index (κ3) is 6.05. The molecule has 1 unspecified atom stereocenters. The van der Waals surface area contributed by atoms with Gasteiger partial charge in [-0.1, -0.05) is 62.7 Å². The Balaban J connectivity index is 1.37. The highest BCUT2D eigenvalue weighted by Crippen LogP contribution is 2.19. The molecule has 0 N–H and O–H groups in total. The van der Waals surface area contributed by atoms with Gasteiger partial charge < -0.3 is 14.7 Å². The molecule has 3 aromatic rings. The fraction of sp³-hybridized carbons (Fsp3) is 0.357. The lowest BCUT2D eigenvalue weighted by Crippen LogP contribution is -2.52. The Morgan fingerprint density at radius 3 is 2.28 bits per heavy atom. The van der Waals surface area contributed by atoms with Crippen molar-refractivity contribution in [3.63, 3.8) is 0 Å². The predicted molar refractivity (Wildman–Crippen MR) is 138 cm³/mol. The van der Waals surface area contributed by atoms with Gasteiger partial charge >= 0.3 is 0 Å².